The van der Waals surface area contributed by atoms with E-state index >= 15 is 0 Å². The van der Waals surface area contributed by atoms with E-state index in [0.29, 0.717) is 12.5 Å². The summed E-state index contributed by atoms with van der Waals surface area (Å²) in [4.78, 5) is 11.4. The molecule has 0 atom stereocenters. The average Bonchev–Trinajstić information content (AvgIpc) is 2.50. The van der Waals surface area contributed by atoms with E-state index in [-0.39, 0.29) is 12.3 Å². The lowest BCUT2D eigenvalue weighted by Gasteiger charge is -2.22. The quantitative estimate of drug-likeness (QED) is 0.465. The Kier molecular flexibility index (Phi) is 5.98. The molecule has 1 aromatic rings. The molecule has 20 heavy (non-hydrogen) atoms. The Morgan fingerprint density at radius 3 is 2.70 bits per heavy atom. The Balaban J connectivity index is 1.83. The number of carbonyl (C=O) groups excluding carboxylic acids is 1. The lowest BCUT2D eigenvalue weighted by molar-refractivity contribution is -0.120. The SMILES string of the molecule is NNC(=O)Cc1ccccc1COCC1CCOCC1. The number of carbonyl (C=O) groups is 1. The van der Waals surface area contributed by atoms with E-state index in [1.165, 1.54) is 0 Å². The van der Waals surface area contributed by atoms with Crippen molar-refractivity contribution >= 4 is 5.91 Å². The standard InChI is InChI=1S/C15H22N2O3/c16-17-15(18)9-13-3-1-2-4-14(13)11-20-10-12-5-7-19-8-6-12/h1-4,12H,5-11,16H2,(H,17,18). The van der Waals surface area contributed by atoms with E-state index in [1.807, 2.05) is 24.3 Å². The highest BCUT2D eigenvalue weighted by atomic mass is 16.5. The predicted octanol–water partition coefficient (Wildman–Crippen LogP) is 1.16. The monoisotopic (exact) mass is 278 g/mol. The van der Waals surface area contributed by atoms with Crippen molar-refractivity contribution in [1.82, 2.24) is 5.43 Å². The normalized spacial score (nSPS) is 16.1. The smallest absolute Gasteiger partial charge is 0.238 e. The van der Waals surface area contributed by atoms with Crippen LogP contribution in [0.3, 0.4) is 0 Å². The van der Waals surface area contributed by atoms with Crippen molar-refractivity contribution in [3.05, 3.63) is 35.4 Å². The Bertz CT molecular complexity index is 431. The van der Waals surface area contributed by atoms with Crippen LogP contribution in [0.5, 0.6) is 0 Å². The van der Waals surface area contributed by atoms with E-state index < -0.39 is 0 Å². The van der Waals surface area contributed by atoms with Crippen molar-refractivity contribution < 1.29 is 14.3 Å². The molecule has 0 unspecified atom stereocenters. The zero-order valence-electron chi connectivity index (χ0n) is 11.6. The van der Waals surface area contributed by atoms with Gasteiger partial charge in [-0.25, -0.2) is 5.84 Å². The molecule has 2 rings (SSSR count). The molecule has 0 bridgehead atoms. The van der Waals surface area contributed by atoms with Gasteiger partial charge in [0.15, 0.2) is 0 Å². The molecule has 1 fully saturated rings. The number of hydrazine groups is 1. The lowest BCUT2D eigenvalue weighted by Crippen LogP contribution is -2.31. The molecule has 1 aliphatic heterocycles. The first kappa shape index (κ1) is 15.0. The topological polar surface area (TPSA) is 73.6 Å². The predicted molar refractivity (Wildman–Crippen MR) is 75.7 cm³/mol. The van der Waals surface area contributed by atoms with Crippen LogP contribution in [0.25, 0.3) is 0 Å². The lowest BCUT2D eigenvalue weighted by atomic mass is 10.0. The first-order chi connectivity index (χ1) is 9.79. The van der Waals surface area contributed by atoms with Crippen LogP contribution in [0.2, 0.25) is 0 Å². The minimum absolute atomic E-state index is 0.193. The molecule has 3 N–H and O–H groups in total. The average molecular weight is 278 g/mol. The maximum Gasteiger partial charge on any atom is 0.238 e. The summed E-state index contributed by atoms with van der Waals surface area (Å²) in [6.07, 6.45) is 2.42. The van der Waals surface area contributed by atoms with Gasteiger partial charge in [0.05, 0.1) is 19.6 Å². The maximum absolute atomic E-state index is 11.4. The Labute approximate surface area is 119 Å². The fraction of sp³-hybridized carbons (Fsp3) is 0.533. The molecule has 1 amide bonds. The number of hydrogen-bond acceptors (Lipinski definition) is 4. The van der Waals surface area contributed by atoms with E-state index in [2.05, 4.69) is 5.43 Å². The molecular weight excluding hydrogens is 256 g/mol. The van der Waals surface area contributed by atoms with Gasteiger partial charge in [0.1, 0.15) is 0 Å². The second kappa shape index (κ2) is 7.99. The number of benzene rings is 1. The van der Waals surface area contributed by atoms with E-state index in [9.17, 15) is 4.79 Å². The molecule has 0 saturated carbocycles. The Hall–Kier alpha value is -1.43. The molecule has 5 nitrogen and oxygen atoms in total. The highest BCUT2D eigenvalue weighted by molar-refractivity contribution is 5.78. The van der Waals surface area contributed by atoms with Gasteiger partial charge in [-0.1, -0.05) is 24.3 Å². The third-order valence-electron chi connectivity index (χ3n) is 3.58. The van der Waals surface area contributed by atoms with Crippen LogP contribution in [-0.4, -0.2) is 25.7 Å². The number of nitrogens with two attached hydrogens (primary N) is 1. The minimum Gasteiger partial charge on any atom is -0.381 e. The molecule has 0 radical (unpaired) electrons. The first-order valence-corrected chi connectivity index (χ1v) is 7.01. The van der Waals surface area contributed by atoms with Gasteiger partial charge in [-0.05, 0) is 29.9 Å². The summed E-state index contributed by atoms with van der Waals surface area (Å²) in [5.41, 5.74) is 4.16. The van der Waals surface area contributed by atoms with Crippen molar-refractivity contribution in [2.75, 3.05) is 19.8 Å². The molecule has 1 aliphatic rings. The Morgan fingerprint density at radius 2 is 2.00 bits per heavy atom. The van der Waals surface area contributed by atoms with Crippen LogP contribution in [0.15, 0.2) is 24.3 Å². The molecule has 0 aliphatic carbocycles. The highest BCUT2D eigenvalue weighted by Crippen LogP contribution is 2.17. The number of rotatable bonds is 6. The van der Waals surface area contributed by atoms with Crippen LogP contribution in [0, 0.1) is 5.92 Å². The van der Waals surface area contributed by atoms with E-state index in [4.69, 9.17) is 15.3 Å². The number of nitrogens with one attached hydrogen (secondary N) is 1. The fourth-order valence-electron chi connectivity index (χ4n) is 2.34. The van der Waals surface area contributed by atoms with Crippen LogP contribution < -0.4 is 11.3 Å². The fourth-order valence-corrected chi connectivity index (χ4v) is 2.34. The van der Waals surface area contributed by atoms with Crippen molar-refractivity contribution in [2.24, 2.45) is 11.8 Å². The number of ether oxygens (including phenoxy) is 2. The molecule has 0 aromatic heterocycles. The van der Waals surface area contributed by atoms with E-state index in [0.717, 1.165) is 43.8 Å². The van der Waals surface area contributed by atoms with Crippen molar-refractivity contribution in [1.29, 1.82) is 0 Å². The van der Waals surface area contributed by atoms with Gasteiger partial charge < -0.3 is 9.47 Å². The van der Waals surface area contributed by atoms with Crippen LogP contribution in [0.4, 0.5) is 0 Å². The summed E-state index contributed by atoms with van der Waals surface area (Å²) in [6.45, 7) is 2.95. The molecule has 110 valence electrons. The van der Waals surface area contributed by atoms with Crippen molar-refractivity contribution in [2.45, 2.75) is 25.9 Å². The van der Waals surface area contributed by atoms with Gasteiger partial charge in [-0.3, -0.25) is 10.2 Å². The van der Waals surface area contributed by atoms with Gasteiger partial charge in [0.2, 0.25) is 5.91 Å². The Morgan fingerprint density at radius 1 is 1.30 bits per heavy atom. The van der Waals surface area contributed by atoms with Gasteiger partial charge in [0.25, 0.3) is 0 Å². The zero-order valence-corrected chi connectivity index (χ0v) is 11.6. The van der Waals surface area contributed by atoms with E-state index in [1.54, 1.807) is 0 Å². The van der Waals surface area contributed by atoms with Crippen LogP contribution in [-0.2, 0) is 27.3 Å². The van der Waals surface area contributed by atoms with Gasteiger partial charge >= 0.3 is 0 Å². The summed E-state index contributed by atoms with van der Waals surface area (Å²) in [6, 6.07) is 7.80. The third-order valence-corrected chi connectivity index (χ3v) is 3.58. The second-order valence-corrected chi connectivity index (χ2v) is 5.08. The van der Waals surface area contributed by atoms with Crippen molar-refractivity contribution in [3.63, 3.8) is 0 Å². The molecule has 1 heterocycles. The van der Waals surface area contributed by atoms with Gasteiger partial charge in [-0.2, -0.15) is 0 Å². The molecule has 5 heteroatoms. The summed E-state index contributed by atoms with van der Waals surface area (Å²) in [7, 11) is 0. The minimum atomic E-state index is -0.193. The zero-order chi connectivity index (χ0) is 14.2. The largest absolute Gasteiger partial charge is 0.381 e. The number of amides is 1. The molecule has 0 spiro atoms. The molecule has 1 aromatic carbocycles. The second-order valence-electron chi connectivity index (χ2n) is 5.08. The molecular formula is C15H22N2O3. The summed E-state index contributed by atoms with van der Waals surface area (Å²) in [5, 5.41) is 0. The highest BCUT2D eigenvalue weighted by Gasteiger charge is 2.14. The number of hydrogen-bond donors (Lipinski definition) is 2. The first-order valence-electron chi connectivity index (χ1n) is 7.01. The van der Waals surface area contributed by atoms with Crippen molar-refractivity contribution in [3.8, 4) is 0 Å². The van der Waals surface area contributed by atoms with Gasteiger partial charge in [-0.15, -0.1) is 0 Å². The van der Waals surface area contributed by atoms with Crippen LogP contribution in [0.1, 0.15) is 24.0 Å². The van der Waals surface area contributed by atoms with Crippen LogP contribution >= 0.6 is 0 Å². The summed E-state index contributed by atoms with van der Waals surface area (Å²) >= 11 is 0. The maximum atomic E-state index is 11.4. The summed E-state index contributed by atoms with van der Waals surface area (Å²) in [5.74, 6) is 5.52. The molecule has 1 saturated heterocycles. The third kappa shape index (κ3) is 4.59. The van der Waals surface area contributed by atoms with Gasteiger partial charge in [0, 0.05) is 13.2 Å². The summed E-state index contributed by atoms with van der Waals surface area (Å²) < 4.78 is 11.1.